The van der Waals surface area contributed by atoms with Crippen molar-refractivity contribution >= 4 is 22.4 Å². The van der Waals surface area contributed by atoms with Gasteiger partial charge in [-0.2, -0.15) is 0 Å². The van der Waals surface area contributed by atoms with E-state index in [0.29, 0.717) is 18.9 Å². The molecule has 27 heavy (non-hydrogen) atoms. The standard InChI is InChI=1S/C23H33NO3/c1-7-14-26-23(6,15-16(2)3)22(25)24-20-12-13-21(27-17(4)5)19-11-9-8-10-18(19)20/h8-13,16-17H,7,14-15H2,1-6H3,(H,24,25)/t23-/m0/s1. The summed E-state index contributed by atoms with van der Waals surface area (Å²) in [6.07, 6.45) is 1.64. The first-order valence-electron chi connectivity index (χ1n) is 9.90. The minimum absolute atomic E-state index is 0.0885. The molecular weight excluding hydrogens is 338 g/mol. The lowest BCUT2D eigenvalue weighted by atomic mass is 9.92. The fourth-order valence-electron chi connectivity index (χ4n) is 3.32. The summed E-state index contributed by atoms with van der Waals surface area (Å²) < 4.78 is 11.9. The van der Waals surface area contributed by atoms with E-state index in [0.717, 1.165) is 28.6 Å². The van der Waals surface area contributed by atoms with Gasteiger partial charge >= 0.3 is 0 Å². The van der Waals surface area contributed by atoms with Crippen LogP contribution in [0.4, 0.5) is 5.69 Å². The van der Waals surface area contributed by atoms with Gasteiger partial charge in [-0.05, 0) is 51.7 Å². The highest BCUT2D eigenvalue weighted by atomic mass is 16.5. The van der Waals surface area contributed by atoms with Gasteiger partial charge in [0.05, 0.1) is 6.10 Å². The Balaban J connectivity index is 2.35. The predicted molar refractivity (Wildman–Crippen MR) is 112 cm³/mol. The van der Waals surface area contributed by atoms with Crippen molar-refractivity contribution in [2.75, 3.05) is 11.9 Å². The van der Waals surface area contributed by atoms with Crippen LogP contribution in [0.5, 0.6) is 5.75 Å². The van der Waals surface area contributed by atoms with Crippen molar-refractivity contribution < 1.29 is 14.3 Å². The number of anilines is 1. The third-order valence-electron chi connectivity index (χ3n) is 4.40. The largest absolute Gasteiger partial charge is 0.490 e. The molecule has 0 saturated carbocycles. The first kappa shape index (κ1) is 21.2. The molecule has 1 amide bonds. The summed E-state index contributed by atoms with van der Waals surface area (Å²) in [5, 5.41) is 5.05. The third kappa shape index (κ3) is 5.46. The van der Waals surface area contributed by atoms with Crippen molar-refractivity contribution in [1.82, 2.24) is 0 Å². The van der Waals surface area contributed by atoms with E-state index >= 15 is 0 Å². The maximum Gasteiger partial charge on any atom is 0.256 e. The first-order valence-corrected chi connectivity index (χ1v) is 9.90. The normalized spacial score (nSPS) is 13.8. The number of nitrogens with one attached hydrogen (secondary N) is 1. The molecular formula is C23H33NO3. The molecule has 1 atom stereocenters. The number of rotatable bonds is 9. The van der Waals surface area contributed by atoms with Crippen LogP contribution in [0.25, 0.3) is 10.8 Å². The topological polar surface area (TPSA) is 47.6 Å². The molecule has 0 fully saturated rings. The van der Waals surface area contributed by atoms with Crippen LogP contribution < -0.4 is 10.1 Å². The van der Waals surface area contributed by atoms with Crippen molar-refractivity contribution in [2.24, 2.45) is 5.92 Å². The van der Waals surface area contributed by atoms with Crippen LogP contribution in [0.15, 0.2) is 36.4 Å². The molecule has 0 heterocycles. The van der Waals surface area contributed by atoms with Crippen molar-refractivity contribution in [3.63, 3.8) is 0 Å². The number of hydrogen-bond donors (Lipinski definition) is 1. The molecule has 0 unspecified atom stereocenters. The summed E-state index contributed by atoms with van der Waals surface area (Å²) in [4.78, 5) is 13.1. The van der Waals surface area contributed by atoms with Crippen LogP contribution >= 0.6 is 0 Å². The van der Waals surface area contributed by atoms with Gasteiger partial charge in [0.15, 0.2) is 0 Å². The molecule has 0 spiro atoms. The molecule has 0 aliphatic heterocycles. The van der Waals surface area contributed by atoms with Crippen LogP contribution in [0.2, 0.25) is 0 Å². The molecule has 2 aromatic rings. The molecule has 4 heteroatoms. The summed E-state index contributed by atoms with van der Waals surface area (Å²) in [5.41, 5.74) is -0.0694. The summed E-state index contributed by atoms with van der Waals surface area (Å²) in [5.74, 6) is 1.08. The van der Waals surface area contributed by atoms with Crippen molar-refractivity contribution in [2.45, 2.75) is 66.1 Å². The van der Waals surface area contributed by atoms with E-state index in [4.69, 9.17) is 9.47 Å². The average molecular weight is 372 g/mol. The van der Waals surface area contributed by atoms with Crippen molar-refractivity contribution in [3.8, 4) is 5.75 Å². The monoisotopic (exact) mass is 371 g/mol. The van der Waals surface area contributed by atoms with Crippen LogP contribution in [0.3, 0.4) is 0 Å². The van der Waals surface area contributed by atoms with Gasteiger partial charge in [-0.25, -0.2) is 0 Å². The molecule has 2 rings (SSSR count). The molecule has 1 N–H and O–H groups in total. The Labute approximate surface area is 163 Å². The number of amides is 1. The predicted octanol–water partition coefficient (Wildman–Crippen LogP) is 5.80. The number of carbonyl (C=O) groups excluding carboxylic acids is 1. The van der Waals surface area contributed by atoms with Gasteiger partial charge in [-0.1, -0.05) is 45.0 Å². The molecule has 0 saturated heterocycles. The number of benzene rings is 2. The van der Waals surface area contributed by atoms with Gasteiger partial charge in [0.1, 0.15) is 11.4 Å². The number of hydrogen-bond acceptors (Lipinski definition) is 3. The van der Waals surface area contributed by atoms with Gasteiger partial charge in [0.25, 0.3) is 5.91 Å². The molecule has 0 radical (unpaired) electrons. The van der Waals surface area contributed by atoms with E-state index in [2.05, 4.69) is 26.1 Å². The Hall–Kier alpha value is -2.07. The van der Waals surface area contributed by atoms with Gasteiger partial charge < -0.3 is 14.8 Å². The average Bonchev–Trinajstić information content (AvgIpc) is 2.61. The summed E-state index contributed by atoms with van der Waals surface area (Å²) in [7, 11) is 0. The molecule has 0 aliphatic rings. The minimum Gasteiger partial charge on any atom is -0.490 e. The lowest BCUT2D eigenvalue weighted by Crippen LogP contribution is -2.44. The molecule has 0 bridgehead atoms. The van der Waals surface area contributed by atoms with E-state index in [1.165, 1.54) is 0 Å². The lowest BCUT2D eigenvalue weighted by molar-refractivity contribution is -0.141. The summed E-state index contributed by atoms with van der Waals surface area (Å²) in [6.45, 7) is 12.7. The summed E-state index contributed by atoms with van der Waals surface area (Å²) >= 11 is 0. The van der Waals surface area contributed by atoms with Crippen molar-refractivity contribution in [1.29, 1.82) is 0 Å². The van der Waals surface area contributed by atoms with Gasteiger partial charge in [0, 0.05) is 23.1 Å². The Morgan fingerprint density at radius 3 is 2.33 bits per heavy atom. The van der Waals surface area contributed by atoms with E-state index in [1.807, 2.05) is 57.2 Å². The molecule has 2 aromatic carbocycles. The highest BCUT2D eigenvalue weighted by Crippen LogP contribution is 2.33. The van der Waals surface area contributed by atoms with Gasteiger partial charge in [-0.3, -0.25) is 4.79 Å². The van der Waals surface area contributed by atoms with E-state index < -0.39 is 5.60 Å². The number of ether oxygens (including phenoxy) is 2. The second kappa shape index (κ2) is 9.23. The molecule has 0 aliphatic carbocycles. The number of carbonyl (C=O) groups is 1. The van der Waals surface area contributed by atoms with Gasteiger partial charge in [0.2, 0.25) is 0 Å². The first-order chi connectivity index (χ1) is 12.8. The molecule has 4 nitrogen and oxygen atoms in total. The quantitative estimate of drug-likeness (QED) is 0.606. The zero-order valence-corrected chi connectivity index (χ0v) is 17.5. The second-order valence-corrected chi connectivity index (χ2v) is 7.95. The smallest absolute Gasteiger partial charge is 0.256 e. The lowest BCUT2D eigenvalue weighted by Gasteiger charge is -2.30. The minimum atomic E-state index is -0.849. The number of fused-ring (bicyclic) bond motifs is 1. The molecule has 148 valence electrons. The van der Waals surface area contributed by atoms with Gasteiger partial charge in [-0.15, -0.1) is 0 Å². The third-order valence-corrected chi connectivity index (χ3v) is 4.40. The maximum atomic E-state index is 13.1. The summed E-state index contributed by atoms with van der Waals surface area (Å²) in [6, 6.07) is 11.8. The Morgan fingerprint density at radius 1 is 1.07 bits per heavy atom. The zero-order chi connectivity index (χ0) is 20.0. The Bertz CT molecular complexity index is 769. The zero-order valence-electron chi connectivity index (χ0n) is 17.5. The highest BCUT2D eigenvalue weighted by molar-refractivity contribution is 6.06. The van der Waals surface area contributed by atoms with E-state index in [-0.39, 0.29) is 12.0 Å². The maximum absolute atomic E-state index is 13.1. The molecule has 0 aromatic heterocycles. The highest BCUT2D eigenvalue weighted by Gasteiger charge is 2.35. The second-order valence-electron chi connectivity index (χ2n) is 7.95. The fraction of sp³-hybridized carbons (Fsp3) is 0.522. The van der Waals surface area contributed by atoms with Crippen LogP contribution in [-0.4, -0.2) is 24.2 Å². The van der Waals surface area contributed by atoms with Crippen LogP contribution in [0, 0.1) is 5.92 Å². The van der Waals surface area contributed by atoms with E-state index in [1.54, 1.807) is 0 Å². The van der Waals surface area contributed by atoms with E-state index in [9.17, 15) is 4.79 Å². The van der Waals surface area contributed by atoms with Crippen LogP contribution in [-0.2, 0) is 9.53 Å². The SMILES string of the molecule is CCCO[C@@](C)(CC(C)C)C(=O)Nc1ccc(OC(C)C)c2ccccc12. The fourth-order valence-corrected chi connectivity index (χ4v) is 3.32. The Morgan fingerprint density at radius 2 is 1.74 bits per heavy atom. The Kier molecular flexibility index (Phi) is 7.25. The van der Waals surface area contributed by atoms with Crippen LogP contribution in [0.1, 0.15) is 54.4 Å². The van der Waals surface area contributed by atoms with Crippen molar-refractivity contribution in [3.05, 3.63) is 36.4 Å².